The number of rotatable bonds is 2. The van der Waals surface area contributed by atoms with E-state index in [-0.39, 0.29) is 18.7 Å². The van der Waals surface area contributed by atoms with Crippen molar-refractivity contribution in [2.75, 3.05) is 14.2 Å². The Morgan fingerprint density at radius 2 is 1.75 bits per heavy atom. The predicted molar refractivity (Wildman–Crippen MR) is 56.5 cm³/mol. The molecule has 0 aromatic carbocycles. The Labute approximate surface area is 95.9 Å². The minimum absolute atomic E-state index is 0.143. The number of aliphatic hydroxyl groups is 1. The van der Waals surface area contributed by atoms with Crippen LogP contribution < -0.4 is 0 Å². The van der Waals surface area contributed by atoms with Crippen LogP contribution in [0.5, 0.6) is 0 Å². The lowest BCUT2D eigenvalue weighted by Gasteiger charge is -2.49. The molecule has 2 bridgehead atoms. The van der Waals surface area contributed by atoms with E-state index >= 15 is 0 Å². The molecule has 4 rings (SSSR count). The monoisotopic (exact) mass is 228 g/mol. The Morgan fingerprint density at radius 1 is 1.06 bits per heavy atom. The third-order valence-electron chi connectivity index (χ3n) is 4.75. The summed E-state index contributed by atoms with van der Waals surface area (Å²) < 4.78 is 16.6. The molecule has 0 radical (unpaired) electrons. The van der Waals surface area contributed by atoms with Crippen LogP contribution in [-0.2, 0) is 14.2 Å². The van der Waals surface area contributed by atoms with Gasteiger partial charge in [0.1, 0.15) is 0 Å². The maximum Gasteiger partial charge on any atom is 0.163 e. The van der Waals surface area contributed by atoms with Crippen molar-refractivity contribution in [3.05, 3.63) is 0 Å². The van der Waals surface area contributed by atoms with E-state index in [1.807, 2.05) is 0 Å². The number of ether oxygens (including phenoxy) is 3. The van der Waals surface area contributed by atoms with E-state index in [1.165, 1.54) is 6.42 Å². The number of fused-ring (bicyclic) bond motifs is 2. The van der Waals surface area contributed by atoms with Crippen molar-refractivity contribution in [3.8, 4) is 0 Å². The summed E-state index contributed by atoms with van der Waals surface area (Å²) in [4.78, 5) is 0. The first kappa shape index (κ1) is 11.0. The summed E-state index contributed by atoms with van der Waals surface area (Å²) in [5, 5.41) is 10.1. The molecule has 3 aliphatic carbocycles. The van der Waals surface area contributed by atoms with Gasteiger partial charge in [-0.1, -0.05) is 0 Å². The van der Waals surface area contributed by atoms with Gasteiger partial charge in [0.25, 0.3) is 0 Å². The zero-order valence-electron chi connectivity index (χ0n) is 9.83. The predicted octanol–water partition coefficient (Wildman–Crippen LogP) is 0.985. The van der Waals surface area contributed by atoms with Gasteiger partial charge >= 0.3 is 0 Å². The van der Waals surface area contributed by atoms with Crippen LogP contribution in [0.25, 0.3) is 0 Å². The second-order valence-electron chi connectivity index (χ2n) is 5.30. The molecule has 0 aromatic rings. The molecule has 1 aliphatic heterocycles. The Balaban J connectivity index is 1.89. The zero-order chi connectivity index (χ0) is 11.3. The van der Waals surface area contributed by atoms with Gasteiger partial charge in [0.05, 0.1) is 6.10 Å². The summed E-state index contributed by atoms with van der Waals surface area (Å²) >= 11 is 0. The fraction of sp³-hybridized carbons (Fsp3) is 1.00. The largest absolute Gasteiger partial charge is 0.393 e. The molecule has 1 saturated heterocycles. The van der Waals surface area contributed by atoms with Crippen LogP contribution in [0.4, 0.5) is 0 Å². The second-order valence-corrected chi connectivity index (χ2v) is 5.30. The average molecular weight is 228 g/mol. The van der Waals surface area contributed by atoms with Gasteiger partial charge in [-0.3, -0.25) is 0 Å². The average Bonchev–Trinajstić information content (AvgIpc) is 2.69. The molecule has 1 heterocycles. The Bertz CT molecular complexity index is 270. The number of hydrogen-bond donors (Lipinski definition) is 1. The molecule has 0 spiro atoms. The molecule has 0 amide bonds. The van der Waals surface area contributed by atoms with Gasteiger partial charge in [0.2, 0.25) is 0 Å². The SMILES string of the molecule is CO[C@H]1O[C@@H](OC)[C@@H]2[C@H]3CC[C@H]([C@@H]12)[C@H](O)C3. The summed E-state index contributed by atoms with van der Waals surface area (Å²) in [6.45, 7) is 0. The summed E-state index contributed by atoms with van der Waals surface area (Å²) in [6.07, 6.45) is 2.70. The van der Waals surface area contributed by atoms with E-state index in [2.05, 4.69) is 0 Å². The second kappa shape index (κ2) is 3.95. The lowest BCUT2D eigenvalue weighted by Crippen LogP contribution is -2.50. The minimum atomic E-state index is -0.197. The highest BCUT2D eigenvalue weighted by Crippen LogP contribution is 2.55. The minimum Gasteiger partial charge on any atom is -0.393 e. The molecule has 4 heteroatoms. The first-order valence-electron chi connectivity index (χ1n) is 6.15. The van der Waals surface area contributed by atoms with Gasteiger partial charge in [-0.2, -0.15) is 0 Å². The van der Waals surface area contributed by atoms with E-state index in [1.54, 1.807) is 14.2 Å². The molecule has 4 fully saturated rings. The summed E-state index contributed by atoms with van der Waals surface area (Å²) in [6, 6.07) is 0. The van der Waals surface area contributed by atoms with Crippen LogP contribution in [0.3, 0.4) is 0 Å². The van der Waals surface area contributed by atoms with Crippen LogP contribution in [-0.4, -0.2) is 38.0 Å². The van der Waals surface area contributed by atoms with E-state index in [4.69, 9.17) is 14.2 Å². The van der Waals surface area contributed by atoms with Crippen molar-refractivity contribution < 1.29 is 19.3 Å². The molecular formula is C12H20O4. The molecule has 1 N–H and O–H groups in total. The fourth-order valence-corrected chi connectivity index (χ4v) is 4.13. The highest BCUT2D eigenvalue weighted by molar-refractivity contribution is 5.02. The Morgan fingerprint density at radius 3 is 2.38 bits per heavy atom. The Hall–Kier alpha value is -0.160. The van der Waals surface area contributed by atoms with Crippen molar-refractivity contribution in [1.82, 2.24) is 0 Å². The normalized spacial score (nSPS) is 55.3. The summed E-state index contributed by atoms with van der Waals surface area (Å²) in [5.41, 5.74) is 0. The first-order valence-corrected chi connectivity index (χ1v) is 6.15. The third-order valence-corrected chi connectivity index (χ3v) is 4.75. The molecule has 7 atom stereocenters. The quantitative estimate of drug-likeness (QED) is 0.765. The highest BCUT2D eigenvalue weighted by Gasteiger charge is 2.58. The van der Waals surface area contributed by atoms with Gasteiger partial charge in [0, 0.05) is 26.1 Å². The number of hydrogen-bond acceptors (Lipinski definition) is 4. The standard InChI is InChI=1S/C12H20O4/c1-14-11-9-6-3-4-7(8(13)5-6)10(9)12(15-2)16-11/h6-13H,3-5H2,1-2H3/t6-,7-,8+,9+,10+,11+,12-/m0/s1. The van der Waals surface area contributed by atoms with E-state index < -0.39 is 0 Å². The third kappa shape index (κ3) is 1.37. The molecule has 16 heavy (non-hydrogen) atoms. The van der Waals surface area contributed by atoms with Gasteiger partial charge in [-0.15, -0.1) is 0 Å². The van der Waals surface area contributed by atoms with Gasteiger partial charge in [0.15, 0.2) is 12.6 Å². The summed E-state index contributed by atoms with van der Waals surface area (Å²) in [5.74, 6) is 1.60. The molecule has 0 unspecified atom stereocenters. The molecular weight excluding hydrogens is 208 g/mol. The molecule has 0 aromatic heterocycles. The summed E-state index contributed by atoms with van der Waals surface area (Å²) in [7, 11) is 3.37. The number of aliphatic hydroxyl groups excluding tert-OH is 1. The van der Waals surface area contributed by atoms with Crippen molar-refractivity contribution >= 4 is 0 Å². The van der Waals surface area contributed by atoms with E-state index in [9.17, 15) is 5.11 Å². The fourth-order valence-electron chi connectivity index (χ4n) is 4.13. The highest BCUT2D eigenvalue weighted by atomic mass is 16.8. The Kier molecular flexibility index (Phi) is 2.70. The first-order chi connectivity index (χ1) is 7.76. The van der Waals surface area contributed by atoms with Crippen molar-refractivity contribution in [3.63, 3.8) is 0 Å². The number of methoxy groups -OCH3 is 2. The molecule has 4 nitrogen and oxygen atoms in total. The van der Waals surface area contributed by atoms with Crippen LogP contribution in [0.15, 0.2) is 0 Å². The van der Waals surface area contributed by atoms with Crippen LogP contribution in [0.2, 0.25) is 0 Å². The van der Waals surface area contributed by atoms with Crippen molar-refractivity contribution in [1.29, 1.82) is 0 Å². The van der Waals surface area contributed by atoms with Crippen LogP contribution >= 0.6 is 0 Å². The van der Waals surface area contributed by atoms with Gasteiger partial charge in [-0.25, -0.2) is 0 Å². The lowest BCUT2D eigenvalue weighted by atomic mass is 9.58. The van der Waals surface area contributed by atoms with Crippen molar-refractivity contribution in [2.45, 2.75) is 37.9 Å². The maximum absolute atomic E-state index is 10.1. The molecule has 3 saturated carbocycles. The van der Waals surface area contributed by atoms with E-state index in [0.717, 1.165) is 12.8 Å². The van der Waals surface area contributed by atoms with Crippen LogP contribution in [0.1, 0.15) is 19.3 Å². The van der Waals surface area contributed by atoms with Crippen molar-refractivity contribution in [2.24, 2.45) is 23.7 Å². The molecule has 4 aliphatic rings. The zero-order valence-corrected chi connectivity index (χ0v) is 9.83. The van der Waals surface area contributed by atoms with Crippen LogP contribution in [0, 0.1) is 23.7 Å². The maximum atomic E-state index is 10.1. The lowest BCUT2D eigenvalue weighted by molar-refractivity contribution is -0.199. The van der Waals surface area contributed by atoms with E-state index in [0.29, 0.717) is 23.7 Å². The smallest absolute Gasteiger partial charge is 0.163 e. The molecule has 92 valence electrons. The van der Waals surface area contributed by atoms with Gasteiger partial charge < -0.3 is 19.3 Å². The topological polar surface area (TPSA) is 47.9 Å². The van der Waals surface area contributed by atoms with Gasteiger partial charge in [-0.05, 0) is 31.1 Å².